The maximum Gasteiger partial charge on any atom is 0.255 e. The lowest BCUT2D eigenvalue weighted by Crippen LogP contribution is -2.45. The first kappa shape index (κ1) is 26.5. The molecule has 0 radical (unpaired) electrons. The monoisotopic (exact) mass is 483 g/mol. The summed E-state index contributed by atoms with van der Waals surface area (Å²) in [5.41, 5.74) is 3.39. The Morgan fingerprint density at radius 2 is 1.81 bits per heavy atom. The van der Waals surface area contributed by atoms with Gasteiger partial charge in [-0.15, -0.1) is 24.8 Å². The second-order valence-corrected chi connectivity index (χ2v) is 8.84. The third kappa shape index (κ3) is 5.42. The number of aromatic nitrogens is 1. The second kappa shape index (κ2) is 11.4. The number of benzene rings is 1. The zero-order valence-electron chi connectivity index (χ0n) is 19.3. The summed E-state index contributed by atoms with van der Waals surface area (Å²) in [5.74, 6) is 2.49. The van der Waals surface area contributed by atoms with Crippen LogP contribution in [0.5, 0.6) is 11.5 Å². The van der Waals surface area contributed by atoms with Crippen LogP contribution in [-0.2, 0) is 19.6 Å². The predicted molar refractivity (Wildman–Crippen MR) is 133 cm³/mol. The van der Waals surface area contributed by atoms with Crippen molar-refractivity contribution in [1.29, 1.82) is 0 Å². The largest absolute Gasteiger partial charge is 0.493 e. The zero-order valence-corrected chi connectivity index (χ0v) is 20.9. The van der Waals surface area contributed by atoms with Crippen molar-refractivity contribution in [3.63, 3.8) is 0 Å². The highest BCUT2D eigenvalue weighted by atomic mass is 35.5. The van der Waals surface area contributed by atoms with Gasteiger partial charge in [0.05, 0.1) is 14.2 Å². The smallest absolute Gasteiger partial charge is 0.255 e. The summed E-state index contributed by atoms with van der Waals surface area (Å²) in [6.07, 6.45) is 1.20. The summed E-state index contributed by atoms with van der Waals surface area (Å²) in [5, 5.41) is 3.51. The fraction of sp³-hybridized carbons (Fsp3) is 0.542. The zero-order chi connectivity index (χ0) is 21.3. The van der Waals surface area contributed by atoms with E-state index in [1.165, 1.54) is 12.1 Å². The molecule has 1 fully saturated rings. The van der Waals surface area contributed by atoms with Crippen molar-refractivity contribution in [3.8, 4) is 11.5 Å². The molecule has 4 rings (SSSR count). The van der Waals surface area contributed by atoms with Gasteiger partial charge in [-0.3, -0.25) is 9.69 Å². The number of halogens is 2. The van der Waals surface area contributed by atoms with Crippen LogP contribution >= 0.6 is 24.8 Å². The summed E-state index contributed by atoms with van der Waals surface area (Å²) < 4.78 is 12.9. The van der Waals surface area contributed by atoms with Crippen molar-refractivity contribution < 1.29 is 9.47 Å². The van der Waals surface area contributed by atoms with Crippen molar-refractivity contribution in [2.45, 2.75) is 51.9 Å². The van der Waals surface area contributed by atoms with Gasteiger partial charge >= 0.3 is 0 Å². The summed E-state index contributed by atoms with van der Waals surface area (Å²) in [4.78, 5) is 15.6. The Hall–Kier alpha value is -1.73. The Labute approximate surface area is 203 Å². The van der Waals surface area contributed by atoms with Gasteiger partial charge in [-0.25, -0.2) is 0 Å². The molecule has 0 saturated carbocycles. The highest BCUT2D eigenvalue weighted by Crippen LogP contribution is 2.32. The van der Waals surface area contributed by atoms with Crippen LogP contribution < -0.4 is 20.3 Å². The first-order valence-corrected chi connectivity index (χ1v) is 10.9. The Balaban J connectivity index is 0.00000181. The number of nitrogens with zero attached hydrogens (tertiary/aromatic N) is 2. The second-order valence-electron chi connectivity index (χ2n) is 8.84. The van der Waals surface area contributed by atoms with Gasteiger partial charge in [-0.1, -0.05) is 12.1 Å². The van der Waals surface area contributed by atoms with E-state index in [2.05, 4.69) is 36.2 Å². The van der Waals surface area contributed by atoms with E-state index in [1.54, 1.807) is 14.2 Å². The number of nitrogens with one attached hydrogen (secondary N) is 1. The van der Waals surface area contributed by atoms with E-state index in [0.717, 1.165) is 48.8 Å². The average Bonchev–Trinajstić information content (AvgIpc) is 2.75. The molecule has 8 heteroatoms. The molecule has 178 valence electrons. The van der Waals surface area contributed by atoms with Crippen LogP contribution in [0.15, 0.2) is 35.1 Å². The van der Waals surface area contributed by atoms with Crippen LogP contribution in [-0.4, -0.2) is 42.8 Å². The Morgan fingerprint density at radius 1 is 1.06 bits per heavy atom. The number of ether oxygens (including phenoxy) is 2. The molecular weight excluding hydrogens is 449 g/mol. The number of rotatable bonds is 7. The average molecular weight is 484 g/mol. The summed E-state index contributed by atoms with van der Waals surface area (Å²) >= 11 is 0. The SMILES string of the molecule is COc1ccc(CN(Cc2ccc3n(c2=O)C[C@@H]2CNC[C@H]3C2)C(C)C)cc1OC.Cl.Cl. The molecule has 0 aliphatic carbocycles. The minimum absolute atomic E-state index is 0. The standard InChI is InChI=1S/C24H33N3O3.2ClH/c1-16(2)26(13-17-5-8-22(29-3)23(10-17)30-4)15-19-6-7-21-20-9-18(11-25-12-20)14-27(21)24(19)28;;/h5-8,10,16,18,20,25H,9,11-15H2,1-4H3;2*1H/t18-,20+;;/m0../s1. The van der Waals surface area contributed by atoms with E-state index in [4.69, 9.17) is 9.47 Å². The van der Waals surface area contributed by atoms with E-state index < -0.39 is 0 Å². The highest BCUT2D eigenvalue weighted by Gasteiger charge is 2.31. The van der Waals surface area contributed by atoms with Gasteiger partial charge in [-0.05, 0) is 56.5 Å². The fourth-order valence-electron chi connectivity index (χ4n) is 4.81. The van der Waals surface area contributed by atoms with Gasteiger partial charge in [0.1, 0.15) is 0 Å². The number of pyridine rings is 1. The van der Waals surface area contributed by atoms with Crippen molar-refractivity contribution in [2.75, 3.05) is 27.3 Å². The van der Waals surface area contributed by atoms with Gasteiger partial charge in [0, 0.05) is 49.4 Å². The fourth-order valence-corrected chi connectivity index (χ4v) is 4.81. The number of hydrogen-bond acceptors (Lipinski definition) is 5. The van der Waals surface area contributed by atoms with E-state index in [-0.39, 0.29) is 30.4 Å². The van der Waals surface area contributed by atoms with E-state index >= 15 is 0 Å². The molecule has 1 aromatic heterocycles. The number of hydrogen-bond donors (Lipinski definition) is 1. The summed E-state index contributed by atoms with van der Waals surface area (Å²) in [6.45, 7) is 8.56. The van der Waals surface area contributed by atoms with Crippen molar-refractivity contribution >= 4 is 24.8 Å². The Bertz CT molecular complexity index is 964. The van der Waals surface area contributed by atoms with Gasteiger partial charge in [0.15, 0.2) is 11.5 Å². The van der Waals surface area contributed by atoms with Crippen molar-refractivity contribution in [1.82, 2.24) is 14.8 Å². The van der Waals surface area contributed by atoms with Crippen molar-refractivity contribution in [2.24, 2.45) is 5.92 Å². The molecule has 2 atom stereocenters. The minimum Gasteiger partial charge on any atom is -0.493 e. The van der Waals surface area contributed by atoms with Crippen LogP contribution in [0.25, 0.3) is 0 Å². The van der Waals surface area contributed by atoms with E-state index in [1.807, 2.05) is 22.8 Å². The minimum atomic E-state index is 0. The summed E-state index contributed by atoms with van der Waals surface area (Å²) in [6, 6.07) is 10.6. The van der Waals surface area contributed by atoms with Crippen LogP contribution in [0, 0.1) is 5.92 Å². The number of fused-ring (bicyclic) bond motifs is 4. The predicted octanol–water partition coefficient (Wildman–Crippen LogP) is 3.83. The van der Waals surface area contributed by atoms with Crippen LogP contribution in [0.2, 0.25) is 0 Å². The molecule has 3 heterocycles. The quantitative estimate of drug-likeness (QED) is 0.648. The van der Waals surface area contributed by atoms with Crippen LogP contribution in [0.4, 0.5) is 0 Å². The molecule has 0 unspecified atom stereocenters. The normalized spacial score (nSPS) is 19.1. The van der Waals surface area contributed by atoms with Crippen LogP contribution in [0.1, 0.15) is 43.0 Å². The first-order chi connectivity index (χ1) is 14.5. The van der Waals surface area contributed by atoms with Crippen LogP contribution in [0.3, 0.4) is 0 Å². The third-order valence-corrected chi connectivity index (χ3v) is 6.52. The molecule has 2 bridgehead atoms. The van der Waals surface area contributed by atoms with Gasteiger partial charge < -0.3 is 19.4 Å². The van der Waals surface area contributed by atoms with E-state index in [0.29, 0.717) is 24.4 Å². The number of methoxy groups -OCH3 is 2. The lowest BCUT2D eigenvalue weighted by atomic mass is 9.84. The molecule has 6 nitrogen and oxygen atoms in total. The molecule has 2 aromatic rings. The molecule has 1 saturated heterocycles. The summed E-state index contributed by atoms with van der Waals surface area (Å²) in [7, 11) is 3.30. The molecule has 0 spiro atoms. The maximum atomic E-state index is 13.3. The molecule has 0 amide bonds. The number of piperidine rings is 1. The molecular formula is C24H35Cl2N3O3. The molecule has 32 heavy (non-hydrogen) atoms. The Kier molecular flexibility index (Phi) is 9.46. The first-order valence-electron chi connectivity index (χ1n) is 10.9. The molecule has 2 aliphatic rings. The third-order valence-electron chi connectivity index (χ3n) is 6.52. The molecule has 1 aromatic carbocycles. The van der Waals surface area contributed by atoms with Gasteiger partial charge in [0.2, 0.25) is 0 Å². The lowest BCUT2D eigenvalue weighted by molar-refractivity contribution is 0.200. The van der Waals surface area contributed by atoms with Gasteiger partial charge in [-0.2, -0.15) is 0 Å². The Morgan fingerprint density at radius 3 is 2.50 bits per heavy atom. The van der Waals surface area contributed by atoms with Gasteiger partial charge in [0.25, 0.3) is 5.56 Å². The topological polar surface area (TPSA) is 55.7 Å². The van der Waals surface area contributed by atoms with E-state index in [9.17, 15) is 4.79 Å². The molecule has 1 N–H and O–H groups in total. The van der Waals surface area contributed by atoms with Crippen molar-refractivity contribution in [3.05, 3.63) is 57.5 Å². The lowest BCUT2D eigenvalue weighted by Gasteiger charge is -2.38. The highest BCUT2D eigenvalue weighted by molar-refractivity contribution is 5.85. The maximum absolute atomic E-state index is 13.3. The molecule has 2 aliphatic heterocycles.